The van der Waals surface area contributed by atoms with Gasteiger partial charge in [0.1, 0.15) is 0 Å². The lowest BCUT2D eigenvalue weighted by Crippen LogP contribution is -2.24. The van der Waals surface area contributed by atoms with E-state index in [1.807, 2.05) is 6.07 Å². The average molecular weight is 175 g/mol. The van der Waals surface area contributed by atoms with Gasteiger partial charge in [0, 0.05) is 13.0 Å². The number of carbonyl (C=O) groups excluding carboxylic acids is 1. The van der Waals surface area contributed by atoms with Gasteiger partial charge in [0.05, 0.1) is 0 Å². The molecule has 2 nitrogen and oxygen atoms in total. The summed E-state index contributed by atoms with van der Waals surface area (Å²) in [4.78, 5) is 11.1. The Labute approximate surface area is 78.0 Å². The molecule has 2 rings (SSSR count). The molecule has 13 heavy (non-hydrogen) atoms. The summed E-state index contributed by atoms with van der Waals surface area (Å²) in [6.45, 7) is 0.689. The molecule has 0 saturated carbocycles. The molecule has 1 amide bonds. The van der Waals surface area contributed by atoms with Crippen molar-refractivity contribution in [2.75, 3.05) is 0 Å². The Balaban J connectivity index is 2.24. The summed E-state index contributed by atoms with van der Waals surface area (Å²) in [6.07, 6.45) is 2.65. The number of hydrogen-bond donors (Lipinski definition) is 1. The average Bonchev–Trinajstić information content (AvgIpc) is 2.13. The molecular weight excluding hydrogens is 162 g/mol. The maximum Gasteiger partial charge on any atom is 0.220 e. The molecular formula is C11H13NO. The zero-order valence-corrected chi connectivity index (χ0v) is 7.55. The molecule has 0 saturated heterocycles. The number of carbonyl (C=O) groups is 1. The van der Waals surface area contributed by atoms with Gasteiger partial charge in [-0.2, -0.15) is 0 Å². The van der Waals surface area contributed by atoms with Gasteiger partial charge in [-0.25, -0.2) is 0 Å². The molecule has 68 valence electrons. The molecule has 0 fully saturated rings. The Hall–Kier alpha value is -1.31. The van der Waals surface area contributed by atoms with E-state index in [-0.39, 0.29) is 5.91 Å². The van der Waals surface area contributed by atoms with Crippen LogP contribution in [0, 0.1) is 0 Å². The third-order valence-electron chi connectivity index (χ3n) is 2.44. The molecule has 1 N–H and O–H groups in total. The Morgan fingerprint density at radius 3 is 2.69 bits per heavy atom. The van der Waals surface area contributed by atoms with Gasteiger partial charge in [0.15, 0.2) is 0 Å². The number of hydrogen-bond acceptors (Lipinski definition) is 1. The minimum atomic E-state index is 0.175. The van der Waals surface area contributed by atoms with E-state index in [1.165, 1.54) is 11.1 Å². The van der Waals surface area contributed by atoms with Crippen molar-refractivity contribution in [3.63, 3.8) is 0 Å². The van der Waals surface area contributed by atoms with Gasteiger partial charge in [-0.1, -0.05) is 24.3 Å². The van der Waals surface area contributed by atoms with Crippen LogP contribution in [0.2, 0.25) is 0 Å². The van der Waals surface area contributed by atoms with Crippen molar-refractivity contribution in [2.45, 2.75) is 25.8 Å². The van der Waals surface area contributed by atoms with E-state index in [0.29, 0.717) is 13.0 Å². The van der Waals surface area contributed by atoms with E-state index in [9.17, 15) is 4.79 Å². The van der Waals surface area contributed by atoms with Gasteiger partial charge in [0.25, 0.3) is 0 Å². The van der Waals surface area contributed by atoms with Gasteiger partial charge in [-0.15, -0.1) is 0 Å². The maximum atomic E-state index is 11.1. The Bertz CT molecular complexity index is 320. The molecule has 0 spiro atoms. The van der Waals surface area contributed by atoms with Crippen LogP contribution in [-0.2, 0) is 17.8 Å². The normalized spacial score (nSPS) is 16.8. The zero-order chi connectivity index (χ0) is 9.10. The van der Waals surface area contributed by atoms with E-state index in [4.69, 9.17) is 0 Å². The van der Waals surface area contributed by atoms with Crippen LogP contribution in [0.5, 0.6) is 0 Å². The Kier molecular flexibility index (Phi) is 2.30. The summed E-state index contributed by atoms with van der Waals surface area (Å²) in [5.74, 6) is 0.175. The number of benzene rings is 1. The molecule has 0 aromatic heterocycles. The van der Waals surface area contributed by atoms with Crippen LogP contribution in [0.25, 0.3) is 0 Å². The van der Waals surface area contributed by atoms with Crippen LogP contribution in [0.1, 0.15) is 24.0 Å². The van der Waals surface area contributed by atoms with E-state index in [0.717, 1.165) is 12.8 Å². The van der Waals surface area contributed by atoms with Crippen LogP contribution >= 0.6 is 0 Å². The van der Waals surface area contributed by atoms with Crippen LogP contribution in [-0.4, -0.2) is 5.91 Å². The lowest BCUT2D eigenvalue weighted by atomic mass is 10.00. The van der Waals surface area contributed by atoms with Crippen LogP contribution in [0.15, 0.2) is 24.3 Å². The number of amides is 1. The topological polar surface area (TPSA) is 29.1 Å². The molecule has 0 aliphatic carbocycles. The molecule has 1 aromatic carbocycles. The predicted octanol–water partition coefficient (Wildman–Crippen LogP) is 1.64. The second-order valence-corrected chi connectivity index (χ2v) is 3.40. The lowest BCUT2D eigenvalue weighted by molar-refractivity contribution is -0.121. The number of nitrogens with one attached hydrogen (secondary N) is 1. The molecule has 1 aliphatic heterocycles. The minimum Gasteiger partial charge on any atom is -0.352 e. The van der Waals surface area contributed by atoms with Crippen molar-refractivity contribution in [1.82, 2.24) is 5.32 Å². The summed E-state index contributed by atoms with van der Waals surface area (Å²) in [5.41, 5.74) is 2.64. The molecule has 1 aromatic rings. The molecule has 0 bridgehead atoms. The van der Waals surface area contributed by atoms with Crippen molar-refractivity contribution in [3.05, 3.63) is 35.4 Å². The first-order valence-electron chi connectivity index (χ1n) is 4.70. The molecule has 1 heterocycles. The summed E-state index contributed by atoms with van der Waals surface area (Å²) < 4.78 is 0. The predicted molar refractivity (Wildman–Crippen MR) is 51.2 cm³/mol. The SMILES string of the molecule is O=C1CCCc2ccccc2CN1. The first-order chi connectivity index (χ1) is 6.36. The van der Waals surface area contributed by atoms with Crippen molar-refractivity contribution < 1.29 is 4.79 Å². The van der Waals surface area contributed by atoms with Gasteiger partial charge in [0.2, 0.25) is 5.91 Å². The maximum absolute atomic E-state index is 11.1. The van der Waals surface area contributed by atoms with E-state index < -0.39 is 0 Å². The summed E-state index contributed by atoms with van der Waals surface area (Å²) in [7, 11) is 0. The smallest absolute Gasteiger partial charge is 0.220 e. The second kappa shape index (κ2) is 3.60. The first-order valence-corrected chi connectivity index (χ1v) is 4.70. The van der Waals surface area contributed by atoms with Gasteiger partial charge in [-0.05, 0) is 24.0 Å². The fraction of sp³-hybridized carbons (Fsp3) is 0.364. The van der Waals surface area contributed by atoms with E-state index >= 15 is 0 Å². The fourth-order valence-corrected chi connectivity index (χ4v) is 1.70. The van der Waals surface area contributed by atoms with E-state index in [1.54, 1.807) is 0 Å². The van der Waals surface area contributed by atoms with Crippen molar-refractivity contribution >= 4 is 5.91 Å². The number of fused-ring (bicyclic) bond motifs is 1. The van der Waals surface area contributed by atoms with Crippen molar-refractivity contribution in [3.8, 4) is 0 Å². The minimum absolute atomic E-state index is 0.175. The highest BCUT2D eigenvalue weighted by Crippen LogP contribution is 2.14. The number of rotatable bonds is 0. The van der Waals surface area contributed by atoms with Crippen LogP contribution in [0.3, 0.4) is 0 Å². The first kappa shape index (κ1) is 8.30. The fourth-order valence-electron chi connectivity index (χ4n) is 1.70. The third-order valence-corrected chi connectivity index (χ3v) is 2.44. The standard InChI is InChI=1S/C11H13NO/c13-11-7-3-6-9-4-1-2-5-10(9)8-12-11/h1-2,4-5H,3,6-8H2,(H,12,13). The molecule has 0 atom stereocenters. The summed E-state index contributed by atoms with van der Waals surface area (Å²) in [5, 5.41) is 2.90. The second-order valence-electron chi connectivity index (χ2n) is 3.40. The largest absolute Gasteiger partial charge is 0.352 e. The third kappa shape index (κ3) is 1.89. The molecule has 0 unspecified atom stereocenters. The lowest BCUT2D eigenvalue weighted by Gasteiger charge is -2.13. The zero-order valence-electron chi connectivity index (χ0n) is 7.55. The summed E-state index contributed by atoms with van der Waals surface area (Å²) in [6, 6.07) is 8.31. The number of aryl methyl sites for hydroxylation is 1. The van der Waals surface area contributed by atoms with Crippen molar-refractivity contribution in [2.24, 2.45) is 0 Å². The van der Waals surface area contributed by atoms with Crippen LogP contribution in [0.4, 0.5) is 0 Å². The highest BCUT2D eigenvalue weighted by atomic mass is 16.1. The Morgan fingerprint density at radius 2 is 1.85 bits per heavy atom. The van der Waals surface area contributed by atoms with Gasteiger partial charge >= 0.3 is 0 Å². The van der Waals surface area contributed by atoms with Crippen molar-refractivity contribution in [1.29, 1.82) is 0 Å². The Morgan fingerprint density at radius 1 is 1.08 bits per heavy atom. The quantitative estimate of drug-likeness (QED) is 0.638. The summed E-state index contributed by atoms with van der Waals surface area (Å²) >= 11 is 0. The van der Waals surface area contributed by atoms with Crippen LogP contribution < -0.4 is 5.32 Å². The monoisotopic (exact) mass is 175 g/mol. The highest BCUT2D eigenvalue weighted by molar-refractivity contribution is 5.76. The van der Waals surface area contributed by atoms with Gasteiger partial charge in [-0.3, -0.25) is 4.79 Å². The van der Waals surface area contributed by atoms with Gasteiger partial charge < -0.3 is 5.32 Å². The molecule has 1 aliphatic rings. The van der Waals surface area contributed by atoms with E-state index in [2.05, 4.69) is 23.5 Å². The molecule has 2 heteroatoms. The highest BCUT2D eigenvalue weighted by Gasteiger charge is 2.08. The molecule has 0 radical (unpaired) electrons.